The molecule has 1 N–H and O–H groups in total. The number of nitrogens with zero attached hydrogens (tertiary/aromatic N) is 2. The van der Waals surface area contributed by atoms with Gasteiger partial charge in [-0.05, 0) is 43.0 Å². The zero-order chi connectivity index (χ0) is 25.6. The molecule has 0 spiro atoms. The number of sulfonamides is 1. The molecule has 0 aliphatic carbocycles. The predicted molar refractivity (Wildman–Crippen MR) is 134 cm³/mol. The average Bonchev–Trinajstić information content (AvgIpc) is 3.29. The second kappa shape index (κ2) is 11.4. The number of rotatable bonds is 11. The van der Waals surface area contributed by atoms with Gasteiger partial charge >= 0.3 is 0 Å². The lowest BCUT2D eigenvalue weighted by Crippen LogP contribution is -2.52. The molecule has 0 aromatic heterocycles. The van der Waals surface area contributed by atoms with Crippen LogP contribution in [0.3, 0.4) is 0 Å². The molecule has 1 aliphatic rings. The minimum atomic E-state index is -3.82. The molecule has 1 aliphatic heterocycles. The third-order valence-corrected chi connectivity index (χ3v) is 7.00. The van der Waals surface area contributed by atoms with Crippen LogP contribution >= 0.6 is 0 Å². The van der Waals surface area contributed by atoms with Crippen LogP contribution in [0.2, 0.25) is 0 Å². The summed E-state index contributed by atoms with van der Waals surface area (Å²) in [5.41, 5.74) is 2.14. The van der Waals surface area contributed by atoms with Crippen LogP contribution in [0.1, 0.15) is 37.8 Å². The minimum absolute atomic E-state index is 0.0475. The van der Waals surface area contributed by atoms with E-state index in [4.69, 9.17) is 9.47 Å². The third-order valence-electron chi connectivity index (χ3n) is 5.86. The van der Waals surface area contributed by atoms with Gasteiger partial charge in [0, 0.05) is 19.2 Å². The number of carbonyl (C=O) groups excluding carboxylic acids is 2. The Kier molecular flexibility index (Phi) is 8.61. The van der Waals surface area contributed by atoms with Gasteiger partial charge in [-0.2, -0.15) is 0 Å². The van der Waals surface area contributed by atoms with E-state index in [-0.39, 0.29) is 24.9 Å². The van der Waals surface area contributed by atoms with Gasteiger partial charge in [0.05, 0.1) is 11.9 Å². The number of benzene rings is 2. The fourth-order valence-electron chi connectivity index (χ4n) is 3.91. The Balaban J connectivity index is 1.95. The summed E-state index contributed by atoms with van der Waals surface area (Å²) in [5.74, 6) is 0.180. The molecule has 3 rings (SSSR count). The molecule has 9 nitrogen and oxygen atoms in total. The van der Waals surface area contributed by atoms with Crippen molar-refractivity contribution in [2.75, 3.05) is 30.4 Å². The highest BCUT2D eigenvalue weighted by molar-refractivity contribution is 7.92. The maximum Gasteiger partial charge on any atom is 0.244 e. The van der Waals surface area contributed by atoms with Gasteiger partial charge in [0.1, 0.15) is 12.6 Å². The lowest BCUT2D eigenvalue weighted by molar-refractivity contribution is -0.140. The summed E-state index contributed by atoms with van der Waals surface area (Å²) in [6.07, 6.45) is 2.19. The van der Waals surface area contributed by atoms with E-state index < -0.39 is 28.5 Å². The van der Waals surface area contributed by atoms with E-state index in [1.165, 1.54) is 11.0 Å². The van der Waals surface area contributed by atoms with Gasteiger partial charge in [0.25, 0.3) is 0 Å². The summed E-state index contributed by atoms with van der Waals surface area (Å²) in [7, 11) is -3.82. The van der Waals surface area contributed by atoms with E-state index in [1.54, 1.807) is 12.1 Å². The minimum Gasteiger partial charge on any atom is -0.454 e. The molecule has 0 saturated carbocycles. The van der Waals surface area contributed by atoms with E-state index in [9.17, 15) is 18.0 Å². The van der Waals surface area contributed by atoms with E-state index in [0.717, 1.165) is 28.1 Å². The third kappa shape index (κ3) is 6.45. The molecule has 35 heavy (non-hydrogen) atoms. The molecule has 1 heterocycles. The van der Waals surface area contributed by atoms with Gasteiger partial charge in [-0.25, -0.2) is 8.42 Å². The standard InChI is InChI=1S/C25H33N3O6S/c1-5-13-26-25(30)21(6-2)27(15-19-10-8-7-9-18(19)3)24(29)16-28(35(4,31)32)20-11-12-22-23(14-20)34-17-33-22/h7-12,14,21H,5-6,13,15-17H2,1-4H3,(H,26,30)/t21-/m1/s1. The Labute approximate surface area is 207 Å². The van der Waals surface area contributed by atoms with E-state index in [1.807, 2.05) is 45.0 Å². The molecule has 1 atom stereocenters. The number of hydrogen-bond donors (Lipinski definition) is 1. The molecule has 0 fully saturated rings. The molecule has 0 radical (unpaired) electrons. The highest BCUT2D eigenvalue weighted by Crippen LogP contribution is 2.36. The average molecular weight is 504 g/mol. The molecule has 2 aromatic carbocycles. The highest BCUT2D eigenvalue weighted by atomic mass is 32.2. The maximum absolute atomic E-state index is 13.7. The van der Waals surface area contributed by atoms with E-state index >= 15 is 0 Å². The monoisotopic (exact) mass is 503 g/mol. The first-order valence-electron chi connectivity index (χ1n) is 11.6. The lowest BCUT2D eigenvalue weighted by atomic mass is 10.1. The molecular weight excluding hydrogens is 470 g/mol. The number of amides is 2. The van der Waals surface area contributed by atoms with E-state index in [2.05, 4.69) is 5.32 Å². The van der Waals surface area contributed by atoms with Crippen molar-refractivity contribution < 1.29 is 27.5 Å². The van der Waals surface area contributed by atoms with Gasteiger partial charge in [0.2, 0.25) is 28.6 Å². The van der Waals surface area contributed by atoms with Gasteiger partial charge in [0.15, 0.2) is 11.5 Å². The van der Waals surface area contributed by atoms with Crippen molar-refractivity contribution in [3.8, 4) is 11.5 Å². The van der Waals surface area contributed by atoms with Gasteiger partial charge in [-0.15, -0.1) is 0 Å². The normalized spacial score (nSPS) is 13.3. The lowest BCUT2D eigenvalue weighted by Gasteiger charge is -2.33. The Morgan fingerprint density at radius 1 is 1.09 bits per heavy atom. The first-order chi connectivity index (χ1) is 16.7. The number of carbonyl (C=O) groups is 2. The van der Waals surface area contributed by atoms with E-state index in [0.29, 0.717) is 24.5 Å². The largest absolute Gasteiger partial charge is 0.454 e. The summed E-state index contributed by atoms with van der Waals surface area (Å²) in [4.78, 5) is 28.1. The number of nitrogens with one attached hydrogen (secondary N) is 1. The molecular formula is C25H33N3O6S. The van der Waals surface area contributed by atoms with Gasteiger partial charge in [-0.3, -0.25) is 13.9 Å². The summed E-state index contributed by atoms with van der Waals surface area (Å²) in [6.45, 7) is 5.99. The van der Waals surface area contributed by atoms with Crippen molar-refractivity contribution >= 4 is 27.5 Å². The van der Waals surface area contributed by atoms with Gasteiger partial charge in [-0.1, -0.05) is 38.1 Å². The van der Waals surface area contributed by atoms with Crippen LogP contribution in [0.5, 0.6) is 11.5 Å². The first-order valence-corrected chi connectivity index (χ1v) is 13.5. The number of fused-ring (bicyclic) bond motifs is 1. The number of anilines is 1. The summed E-state index contributed by atoms with van der Waals surface area (Å²) in [5, 5.41) is 2.87. The Hall–Kier alpha value is -3.27. The van der Waals surface area contributed by atoms with Crippen LogP contribution in [-0.2, 0) is 26.2 Å². The Morgan fingerprint density at radius 3 is 2.46 bits per heavy atom. The van der Waals surface area contributed by atoms with Crippen molar-refractivity contribution in [1.82, 2.24) is 10.2 Å². The highest BCUT2D eigenvalue weighted by Gasteiger charge is 2.32. The fourth-order valence-corrected chi connectivity index (χ4v) is 4.75. The first kappa shape index (κ1) is 26.3. The zero-order valence-corrected chi connectivity index (χ0v) is 21.4. The number of hydrogen-bond acceptors (Lipinski definition) is 6. The van der Waals surface area contributed by atoms with Crippen LogP contribution < -0.4 is 19.1 Å². The van der Waals surface area contributed by atoms with Crippen LogP contribution in [0, 0.1) is 6.92 Å². The molecule has 0 bridgehead atoms. The maximum atomic E-state index is 13.7. The number of aryl methyl sites for hydroxylation is 1. The molecule has 10 heteroatoms. The second-order valence-electron chi connectivity index (χ2n) is 8.47. The molecule has 0 unspecified atom stereocenters. The van der Waals surface area contributed by atoms with Crippen LogP contribution in [0.25, 0.3) is 0 Å². The second-order valence-corrected chi connectivity index (χ2v) is 10.4. The zero-order valence-electron chi connectivity index (χ0n) is 20.6. The molecule has 2 aromatic rings. The van der Waals surface area contributed by atoms with Crippen LogP contribution in [0.4, 0.5) is 5.69 Å². The quantitative estimate of drug-likeness (QED) is 0.506. The molecule has 190 valence electrons. The smallest absolute Gasteiger partial charge is 0.244 e. The fraction of sp³-hybridized carbons (Fsp3) is 0.440. The summed E-state index contributed by atoms with van der Waals surface area (Å²) >= 11 is 0. The molecule has 2 amide bonds. The Morgan fingerprint density at radius 2 is 1.80 bits per heavy atom. The summed E-state index contributed by atoms with van der Waals surface area (Å²) < 4.78 is 37.2. The van der Waals surface area contributed by atoms with Crippen molar-refractivity contribution in [2.24, 2.45) is 0 Å². The number of ether oxygens (including phenoxy) is 2. The van der Waals surface area contributed by atoms with Crippen molar-refractivity contribution in [3.63, 3.8) is 0 Å². The Bertz CT molecular complexity index is 1170. The van der Waals surface area contributed by atoms with Crippen LogP contribution in [-0.4, -0.2) is 57.3 Å². The van der Waals surface area contributed by atoms with Crippen molar-refractivity contribution in [2.45, 2.75) is 46.2 Å². The van der Waals surface area contributed by atoms with Crippen molar-refractivity contribution in [1.29, 1.82) is 0 Å². The van der Waals surface area contributed by atoms with Crippen LogP contribution in [0.15, 0.2) is 42.5 Å². The van der Waals surface area contributed by atoms with Gasteiger partial charge < -0.3 is 19.7 Å². The topological polar surface area (TPSA) is 105 Å². The SMILES string of the molecule is CCCNC(=O)[C@@H](CC)N(Cc1ccccc1C)C(=O)CN(c1ccc2c(c1)OCO2)S(C)(=O)=O. The molecule has 0 saturated heterocycles. The van der Waals surface area contributed by atoms with Crippen molar-refractivity contribution in [3.05, 3.63) is 53.6 Å². The predicted octanol–water partition coefficient (Wildman–Crippen LogP) is 2.82. The summed E-state index contributed by atoms with van der Waals surface area (Å²) in [6, 6.07) is 11.6.